The molecule has 1 saturated heterocycles. The van der Waals surface area contributed by atoms with Crippen LogP contribution in [0.5, 0.6) is 5.75 Å². The first kappa shape index (κ1) is 16.1. The lowest BCUT2D eigenvalue weighted by molar-refractivity contribution is 0.0852. The molecule has 6 nitrogen and oxygen atoms in total. The molecule has 2 aromatic rings. The van der Waals surface area contributed by atoms with E-state index in [9.17, 15) is 4.79 Å². The van der Waals surface area contributed by atoms with Gasteiger partial charge in [0.2, 0.25) is 0 Å². The summed E-state index contributed by atoms with van der Waals surface area (Å²) in [7, 11) is 0. The van der Waals surface area contributed by atoms with Crippen LogP contribution in [0, 0.1) is 0 Å². The summed E-state index contributed by atoms with van der Waals surface area (Å²) < 4.78 is 16.8. The second kappa shape index (κ2) is 6.88. The molecule has 25 heavy (non-hydrogen) atoms. The van der Waals surface area contributed by atoms with Crippen molar-refractivity contribution >= 4 is 5.91 Å². The maximum Gasteiger partial charge on any atom is 0.274 e. The summed E-state index contributed by atoms with van der Waals surface area (Å²) in [6.45, 7) is 3.31. The predicted molar refractivity (Wildman–Crippen MR) is 90.6 cm³/mol. The van der Waals surface area contributed by atoms with Gasteiger partial charge in [-0.2, -0.15) is 0 Å². The zero-order valence-corrected chi connectivity index (χ0v) is 14.3. The summed E-state index contributed by atoms with van der Waals surface area (Å²) in [4.78, 5) is 16.9. The number of benzene rings is 1. The van der Waals surface area contributed by atoms with Gasteiger partial charge in [-0.1, -0.05) is 12.1 Å². The third-order valence-electron chi connectivity index (χ3n) is 4.86. The quantitative estimate of drug-likeness (QED) is 0.902. The van der Waals surface area contributed by atoms with Crippen LogP contribution < -0.4 is 10.1 Å². The normalized spacial score (nSPS) is 22.0. The first-order valence-corrected chi connectivity index (χ1v) is 8.88. The lowest BCUT2D eigenvalue weighted by atomic mass is 10.1. The zero-order chi connectivity index (χ0) is 17.2. The van der Waals surface area contributed by atoms with E-state index < -0.39 is 0 Å². The smallest absolute Gasteiger partial charge is 0.274 e. The van der Waals surface area contributed by atoms with Gasteiger partial charge in [0.1, 0.15) is 11.9 Å². The molecule has 132 valence electrons. The molecule has 2 aliphatic rings. The molecule has 1 aromatic heterocycles. The second-order valence-corrected chi connectivity index (χ2v) is 6.39. The molecule has 1 aliphatic heterocycles. The van der Waals surface area contributed by atoms with Crippen molar-refractivity contribution in [2.24, 2.45) is 0 Å². The van der Waals surface area contributed by atoms with Crippen molar-refractivity contribution in [2.45, 2.75) is 44.8 Å². The van der Waals surface area contributed by atoms with Crippen LogP contribution in [0.25, 0.3) is 0 Å². The van der Waals surface area contributed by atoms with Crippen LogP contribution in [0.15, 0.2) is 29.0 Å². The molecule has 1 fully saturated rings. The molecule has 1 aliphatic carbocycles. The van der Waals surface area contributed by atoms with Crippen LogP contribution in [0.1, 0.15) is 65.7 Å². The van der Waals surface area contributed by atoms with E-state index in [1.807, 2.05) is 19.1 Å². The van der Waals surface area contributed by atoms with Crippen LogP contribution >= 0.6 is 0 Å². The Bertz CT molecular complexity index is 765. The second-order valence-electron chi connectivity index (χ2n) is 6.39. The van der Waals surface area contributed by atoms with Gasteiger partial charge in [0.25, 0.3) is 5.91 Å². The number of hydrogen-bond acceptors (Lipinski definition) is 5. The average molecular weight is 342 g/mol. The van der Waals surface area contributed by atoms with E-state index >= 15 is 0 Å². The molecule has 1 amide bonds. The molecule has 0 radical (unpaired) electrons. The number of fused-ring (bicyclic) bond motifs is 1. The van der Waals surface area contributed by atoms with Gasteiger partial charge in [-0.3, -0.25) is 4.79 Å². The minimum Gasteiger partial charge on any atom is -0.494 e. The van der Waals surface area contributed by atoms with E-state index in [2.05, 4.69) is 16.4 Å². The molecule has 0 bridgehead atoms. The highest BCUT2D eigenvalue weighted by atomic mass is 16.5. The summed E-state index contributed by atoms with van der Waals surface area (Å²) in [5.74, 6) is 1.24. The van der Waals surface area contributed by atoms with Crippen molar-refractivity contribution in [3.63, 3.8) is 0 Å². The van der Waals surface area contributed by atoms with Crippen LogP contribution in [-0.2, 0) is 11.2 Å². The number of ether oxygens (including phenoxy) is 2. The van der Waals surface area contributed by atoms with Crippen molar-refractivity contribution in [3.05, 3.63) is 47.2 Å². The molecule has 0 unspecified atom stereocenters. The fraction of sp³-hybridized carbons (Fsp3) is 0.474. The fourth-order valence-electron chi connectivity index (χ4n) is 3.73. The van der Waals surface area contributed by atoms with Gasteiger partial charge in [0.15, 0.2) is 17.8 Å². The highest BCUT2D eigenvalue weighted by molar-refractivity contribution is 5.93. The summed E-state index contributed by atoms with van der Waals surface area (Å²) in [5.41, 5.74) is 2.65. The molecule has 2 atom stereocenters. The molecule has 6 heteroatoms. The number of nitrogens with zero attached hydrogens (tertiary/aromatic N) is 1. The van der Waals surface area contributed by atoms with E-state index in [1.165, 1.54) is 12.0 Å². The standard InChI is InChI=1S/C19H22N2O4/c1-2-23-15-6-3-5-12-13(15)8-9-14(12)21-19(22)17-18(25-11-20-17)16-7-4-10-24-16/h3,5-6,11,14,16H,2,4,7-10H2,1H3,(H,21,22)/t14-,16-/m1/s1. The third-order valence-corrected chi connectivity index (χ3v) is 4.86. The van der Waals surface area contributed by atoms with Crippen LogP contribution in [0.4, 0.5) is 0 Å². The van der Waals surface area contributed by atoms with E-state index in [4.69, 9.17) is 13.9 Å². The zero-order valence-electron chi connectivity index (χ0n) is 14.3. The van der Waals surface area contributed by atoms with Gasteiger partial charge in [-0.25, -0.2) is 4.98 Å². The molecular formula is C19H22N2O4. The summed E-state index contributed by atoms with van der Waals surface area (Å²) in [5, 5.41) is 3.10. The van der Waals surface area contributed by atoms with Crippen molar-refractivity contribution in [2.75, 3.05) is 13.2 Å². The maximum atomic E-state index is 12.7. The van der Waals surface area contributed by atoms with Crippen LogP contribution in [-0.4, -0.2) is 24.1 Å². The van der Waals surface area contributed by atoms with Crippen LogP contribution in [0.3, 0.4) is 0 Å². The maximum absolute atomic E-state index is 12.7. The van der Waals surface area contributed by atoms with E-state index in [1.54, 1.807) is 0 Å². The van der Waals surface area contributed by atoms with Crippen molar-refractivity contribution in [3.8, 4) is 5.75 Å². The van der Waals surface area contributed by atoms with Gasteiger partial charge in [0.05, 0.1) is 12.6 Å². The summed E-state index contributed by atoms with van der Waals surface area (Å²) in [6, 6.07) is 5.98. The molecule has 1 N–H and O–H groups in total. The van der Waals surface area contributed by atoms with E-state index in [-0.39, 0.29) is 18.1 Å². The van der Waals surface area contributed by atoms with Crippen molar-refractivity contribution < 1.29 is 18.7 Å². The van der Waals surface area contributed by atoms with Gasteiger partial charge in [0, 0.05) is 6.61 Å². The SMILES string of the molecule is CCOc1cccc2c1CC[C@H]2NC(=O)c1ncoc1[C@H]1CCCO1. The average Bonchev–Trinajstić information content (AvgIpc) is 3.36. The van der Waals surface area contributed by atoms with Crippen molar-refractivity contribution in [1.82, 2.24) is 10.3 Å². The molecular weight excluding hydrogens is 320 g/mol. The summed E-state index contributed by atoms with van der Waals surface area (Å²) >= 11 is 0. The Labute approximate surface area is 146 Å². The first-order valence-electron chi connectivity index (χ1n) is 8.88. The molecule has 4 rings (SSSR count). The van der Waals surface area contributed by atoms with E-state index in [0.29, 0.717) is 24.7 Å². The van der Waals surface area contributed by atoms with Gasteiger partial charge < -0.3 is 19.2 Å². The third kappa shape index (κ3) is 3.02. The number of nitrogens with one attached hydrogen (secondary N) is 1. The highest BCUT2D eigenvalue weighted by Gasteiger charge is 2.31. The lowest BCUT2D eigenvalue weighted by Crippen LogP contribution is -2.28. The minimum absolute atomic E-state index is 0.0306. The number of carbonyl (C=O) groups excluding carboxylic acids is 1. The number of aromatic nitrogens is 1. The Morgan fingerprint density at radius 1 is 1.40 bits per heavy atom. The summed E-state index contributed by atoms with van der Waals surface area (Å²) in [6.07, 6.45) is 4.75. The number of amides is 1. The molecule has 1 aromatic carbocycles. The Morgan fingerprint density at radius 2 is 2.32 bits per heavy atom. The Kier molecular flexibility index (Phi) is 4.44. The molecule has 0 spiro atoms. The molecule has 0 saturated carbocycles. The fourth-order valence-corrected chi connectivity index (χ4v) is 3.73. The number of oxazole rings is 1. The predicted octanol–water partition coefficient (Wildman–Crippen LogP) is 3.34. The Hall–Kier alpha value is -2.34. The monoisotopic (exact) mass is 342 g/mol. The topological polar surface area (TPSA) is 73.6 Å². The first-order chi connectivity index (χ1) is 12.3. The Balaban J connectivity index is 1.52. The lowest BCUT2D eigenvalue weighted by Gasteiger charge is -2.15. The minimum atomic E-state index is -0.209. The number of rotatable bonds is 5. The van der Waals surface area contributed by atoms with E-state index in [0.717, 1.165) is 37.0 Å². The number of carbonyl (C=O) groups is 1. The highest BCUT2D eigenvalue weighted by Crippen LogP contribution is 2.37. The van der Waals surface area contributed by atoms with Crippen molar-refractivity contribution in [1.29, 1.82) is 0 Å². The van der Waals surface area contributed by atoms with Gasteiger partial charge in [-0.15, -0.1) is 0 Å². The van der Waals surface area contributed by atoms with Gasteiger partial charge in [-0.05, 0) is 49.8 Å². The van der Waals surface area contributed by atoms with Crippen LogP contribution in [0.2, 0.25) is 0 Å². The Morgan fingerprint density at radius 3 is 3.12 bits per heavy atom. The largest absolute Gasteiger partial charge is 0.494 e. The van der Waals surface area contributed by atoms with Gasteiger partial charge >= 0.3 is 0 Å². The molecule has 2 heterocycles. The number of hydrogen-bond donors (Lipinski definition) is 1.